The van der Waals surface area contributed by atoms with Crippen LogP contribution in [-0.2, 0) is 4.79 Å². The molecular formula is C9H9FN2O2. The van der Waals surface area contributed by atoms with Crippen molar-refractivity contribution in [3.63, 3.8) is 0 Å². The zero-order chi connectivity index (χ0) is 10.7. The van der Waals surface area contributed by atoms with Gasteiger partial charge in [0.15, 0.2) is 11.6 Å². The van der Waals surface area contributed by atoms with Gasteiger partial charge in [0.2, 0.25) is 0 Å². The van der Waals surface area contributed by atoms with E-state index >= 15 is 0 Å². The summed E-state index contributed by atoms with van der Waals surface area (Å²) in [6.45, 7) is 1.17. The van der Waals surface area contributed by atoms with E-state index in [0.29, 0.717) is 0 Å². The van der Waals surface area contributed by atoms with Crippen LogP contribution in [0.3, 0.4) is 0 Å². The average molecular weight is 196 g/mol. The Morgan fingerprint density at radius 3 is 2.71 bits per heavy atom. The van der Waals surface area contributed by atoms with Crippen LogP contribution in [0.2, 0.25) is 0 Å². The predicted molar refractivity (Wildman–Crippen MR) is 48.7 cm³/mol. The number of nitrogens with one attached hydrogen (secondary N) is 1. The molecule has 5 heteroatoms. The molecule has 1 aromatic carbocycles. The summed E-state index contributed by atoms with van der Waals surface area (Å²) in [4.78, 5) is 10.6. The van der Waals surface area contributed by atoms with Gasteiger partial charge in [-0.25, -0.2) is 4.39 Å². The maximum absolute atomic E-state index is 13.4. The first kappa shape index (κ1) is 10.2. The molecule has 4 nitrogen and oxygen atoms in total. The van der Waals surface area contributed by atoms with Crippen molar-refractivity contribution in [3.8, 4) is 5.75 Å². The molecule has 3 N–H and O–H groups in total. The van der Waals surface area contributed by atoms with Crippen molar-refractivity contribution in [1.82, 2.24) is 0 Å². The van der Waals surface area contributed by atoms with Gasteiger partial charge < -0.3 is 10.5 Å². The molecule has 74 valence electrons. The van der Waals surface area contributed by atoms with Gasteiger partial charge in [0, 0.05) is 6.92 Å². The Hall–Kier alpha value is -1.91. The van der Waals surface area contributed by atoms with Gasteiger partial charge in [-0.15, -0.1) is 0 Å². The second-order valence-corrected chi connectivity index (χ2v) is 2.63. The molecule has 0 aliphatic carbocycles. The van der Waals surface area contributed by atoms with Crippen LogP contribution in [0.1, 0.15) is 12.5 Å². The third-order valence-electron chi connectivity index (χ3n) is 1.51. The topological polar surface area (TPSA) is 76.2 Å². The quantitative estimate of drug-likeness (QED) is 0.321. The van der Waals surface area contributed by atoms with E-state index in [1.54, 1.807) is 0 Å². The Morgan fingerprint density at radius 2 is 2.21 bits per heavy atom. The number of nitrogens with two attached hydrogens (primary N) is 1. The van der Waals surface area contributed by atoms with Gasteiger partial charge in [0.1, 0.15) is 5.84 Å². The smallest absolute Gasteiger partial charge is 0.308 e. The van der Waals surface area contributed by atoms with Gasteiger partial charge in [-0.05, 0) is 12.1 Å². The van der Waals surface area contributed by atoms with E-state index in [-0.39, 0.29) is 11.3 Å². The maximum atomic E-state index is 13.4. The average Bonchev–Trinajstić information content (AvgIpc) is 2.07. The molecule has 0 radical (unpaired) electrons. The van der Waals surface area contributed by atoms with Crippen LogP contribution in [0.15, 0.2) is 18.2 Å². The molecule has 1 rings (SSSR count). The molecule has 0 amide bonds. The first-order valence-corrected chi connectivity index (χ1v) is 3.83. The van der Waals surface area contributed by atoms with Crippen LogP contribution in [0.25, 0.3) is 0 Å². The minimum atomic E-state index is -0.796. The number of ether oxygens (including phenoxy) is 1. The predicted octanol–water partition coefficient (Wildman–Crippen LogP) is 1.04. The molecule has 0 bridgehead atoms. The molecule has 0 aliphatic rings. The summed E-state index contributed by atoms with van der Waals surface area (Å²) in [5.74, 6) is -2.04. The van der Waals surface area contributed by atoms with E-state index in [1.807, 2.05) is 0 Å². The first-order chi connectivity index (χ1) is 6.52. The monoisotopic (exact) mass is 196 g/mol. The van der Waals surface area contributed by atoms with Crippen LogP contribution in [-0.4, -0.2) is 11.8 Å². The van der Waals surface area contributed by atoms with Crippen LogP contribution in [0, 0.1) is 11.2 Å². The largest absolute Gasteiger partial charge is 0.424 e. The van der Waals surface area contributed by atoms with Crippen LogP contribution in [0.5, 0.6) is 5.75 Å². The number of carbonyl (C=O) groups excluding carboxylic acids is 1. The highest BCUT2D eigenvalue weighted by Gasteiger charge is 2.12. The SMILES string of the molecule is CC(=O)Oc1cccc(C(=N)N)c1F. The van der Waals surface area contributed by atoms with E-state index in [0.717, 1.165) is 0 Å². The summed E-state index contributed by atoms with van der Waals surface area (Å²) in [7, 11) is 0. The Kier molecular flexibility index (Phi) is 2.81. The molecule has 0 unspecified atom stereocenters. The number of esters is 1. The van der Waals surface area contributed by atoms with Gasteiger partial charge in [-0.1, -0.05) is 6.07 Å². The van der Waals surface area contributed by atoms with Gasteiger partial charge in [0.05, 0.1) is 5.56 Å². The molecule has 0 heterocycles. The molecule has 0 fully saturated rings. The lowest BCUT2D eigenvalue weighted by molar-refractivity contribution is -0.132. The number of halogens is 1. The zero-order valence-corrected chi connectivity index (χ0v) is 7.50. The fourth-order valence-electron chi connectivity index (χ4n) is 0.952. The van der Waals surface area contributed by atoms with Crippen molar-refractivity contribution >= 4 is 11.8 Å². The number of nitrogen functional groups attached to an aromatic ring is 1. The fourth-order valence-corrected chi connectivity index (χ4v) is 0.952. The lowest BCUT2D eigenvalue weighted by Gasteiger charge is -2.05. The Bertz CT molecular complexity index is 390. The van der Waals surface area contributed by atoms with Crippen molar-refractivity contribution in [2.75, 3.05) is 0 Å². The molecule has 0 spiro atoms. The van der Waals surface area contributed by atoms with Crippen molar-refractivity contribution < 1.29 is 13.9 Å². The van der Waals surface area contributed by atoms with E-state index < -0.39 is 17.6 Å². The fraction of sp³-hybridized carbons (Fsp3) is 0.111. The first-order valence-electron chi connectivity index (χ1n) is 3.83. The Morgan fingerprint density at radius 1 is 1.57 bits per heavy atom. The second-order valence-electron chi connectivity index (χ2n) is 2.63. The van der Waals surface area contributed by atoms with Crippen molar-refractivity contribution in [2.24, 2.45) is 5.73 Å². The molecule has 0 saturated heterocycles. The summed E-state index contributed by atoms with van der Waals surface area (Å²) in [5.41, 5.74) is 5.04. The molecular weight excluding hydrogens is 187 g/mol. The van der Waals surface area contributed by atoms with Crippen molar-refractivity contribution in [2.45, 2.75) is 6.92 Å². The van der Waals surface area contributed by atoms with E-state index in [9.17, 15) is 9.18 Å². The lowest BCUT2D eigenvalue weighted by Crippen LogP contribution is -2.14. The summed E-state index contributed by atoms with van der Waals surface area (Å²) >= 11 is 0. The number of rotatable bonds is 2. The number of hydrogen-bond donors (Lipinski definition) is 2. The zero-order valence-electron chi connectivity index (χ0n) is 7.50. The highest BCUT2D eigenvalue weighted by Crippen LogP contribution is 2.19. The van der Waals surface area contributed by atoms with Gasteiger partial charge >= 0.3 is 5.97 Å². The molecule has 1 aromatic rings. The van der Waals surface area contributed by atoms with Gasteiger partial charge in [-0.2, -0.15) is 0 Å². The maximum Gasteiger partial charge on any atom is 0.308 e. The van der Waals surface area contributed by atoms with Crippen molar-refractivity contribution in [1.29, 1.82) is 5.41 Å². The normalized spacial score (nSPS) is 9.57. The number of carbonyl (C=O) groups is 1. The van der Waals surface area contributed by atoms with Gasteiger partial charge in [-0.3, -0.25) is 10.2 Å². The highest BCUT2D eigenvalue weighted by molar-refractivity contribution is 5.95. The van der Waals surface area contributed by atoms with E-state index in [2.05, 4.69) is 4.74 Å². The minimum Gasteiger partial charge on any atom is -0.424 e. The Balaban J connectivity index is 3.13. The molecule has 0 saturated carbocycles. The number of amidine groups is 1. The summed E-state index contributed by atoms with van der Waals surface area (Å²) in [6.07, 6.45) is 0. The summed E-state index contributed by atoms with van der Waals surface area (Å²) in [5, 5.41) is 7.05. The van der Waals surface area contributed by atoms with E-state index in [4.69, 9.17) is 11.1 Å². The van der Waals surface area contributed by atoms with E-state index in [1.165, 1.54) is 25.1 Å². The van der Waals surface area contributed by atoms with Crippen LogP contribution >= 0.6 is 0 Å². The van der Waals surface area contributed by atoms with Crippen LogP contribution in [0.4, 0.5) is 4.39 Å². The number of benzene rings is 1. The highest BCUT2D eigenvalue weighted by atomic mass is 19.1. The molecule has 0 aromatic heterocycles. The van der Waals surface area contributed by atoms with Crippen molar-refractivity contribution in [3.05, 3.63) is 29.6 Å². The number of hydrogen-bond acceptors (Lipinski definition) is 3. The summed E-state index contributed by atoms with van der Waals surface area (Å²) < 4.78 is 18.0. The third kappa shape index (κ3) is 2.07. The third-order valence-corrected chi connectivity index (χ3v) is 1.51. The Labute approximate surface area is 80.0 Å². The van der Waals surface area contributed by atoms with Crippen LogP contribution < -0.4 is 10.5 Å². The standard InChI is InChI=1S/C9H9FN2O2/c1-5(13)14-7-4-2-3-6(8(7)10)9(11)12/h2-4H,1H3,(H3,11,12). The second kappa shape index (κ2) is 3.87. The minimum absolute atomic E-state index is 0.0799. The summed E-state index contributed by atoms with van der Waals surface area (Å²) in [6, 6.07) is 4.09. The molecule has 0 atom stereocenters. The molecule has 14 heavy (non-hydrogen) atoms. The lowest BCUT2D eigenvalue weighted by atomic mass is 10.2. The van der Waals surface area contributed by atoms with Gasteiger partial charge in [0.25, 0.3) is 0 Å². The molecule has 0 aliphatic heterocycles.